The van der Waals surface area contributed by atoms with Gasteiger partial charge in [-0.05, 0) is 68.7 Å². The van der Waals surface area contributed by atoms with Crippen molar-refractivity contribution < 1.29 is 14.3 Å². The van der Waals surface area contributed by atoms with Gasteiger partial charge in [-0.2, -0.15) is 0 Å². The van der Waals surface area contributed by atoms with Crippen molar-refractivity contribution in [2.75, 3.05) is 32.8 Å². The summed E-state index contributed by atoms with van der Waals surface area (Å²) in [5.41, 5.74) is 0.739. The Hall–Kier alpha value is -2.04. The lowest BCUT2D eigenvalue weighted by atomic mass is 9.96. The zero-order valence-corrected chi connectivity index (χ0v) is 18.4. The maximum absolute atomic E-state index is 12.7. The topological polar surface area (TPSA) is 49.9 Å². The van der Waals surface area contributed by atoms with Crippen LogP contribution in [0.15, 0.2) is 24.3 Å². The highest BCUT2D eigenvalue weighted by atomic mass is 16.5. The predicted octanol–water partition coefficient (Wildman–Crippen LogP) is 4.37. The van der Waals surface area contributed by atoms with E-state index in [0.717, 1.165) is 76.0 Å². The van der Waals surface area contributed by atoms with Crippen LogP contribution in [-0.4, -0.2) is 54.4 Å². The molecule has 2 amide bonds. The van der Waals surface area contributed by atoms with Crippen LogP contribution >= 0.6 is 0 Å². The number of carbonyl (C=O) groups is 2. The molecule has 1 atom stereocenters. The van der Waals surface area contributed by atoms with Crippen LogP contribution in [0.5, 0.6) is 5.75 Å². The van der Waals surface area contributed by atoms with Gasteiger partial charge in [0, 0.05) is 43.6 Å². The molecule has 5 heteroatoms. The molecule has 3 fully saturated rings. The fourth-order valence-electron chi connectivity index (χ4n) is 5.13. The fourth-order valence-corrected chi connectivity index (χ4v) is 5.13. The molecule has 4 rings (SSSR count). The number of rotatable bonds is 5. The van der Waals surface area contributed by atoms with Crippen molar-refractivity contribution in [3.8, 4) is 5.75 Å². The molecule has 0 radical (unpaired) electrons. The standard InChI is InChI=1S/C25H36N2O3/c1-19-12-15-26(16-13-19)24(28)22-8-10-23(11-9-22)30-18-20-5-4-14-27(17-20)25(29)21-6-2-3-7-21/h8-11,19-21H,2-7,12-18H2,1H3/t20-/m1/s1. The van der Waals surface area contributed by atoms with E-state index in [1.807, 2.05) is 29.2 Å². The largest absolute Gasteiger partial charge is 0.493 e. The van der Waals surface area contributed by atoms with Gasteiger partial charge in [-0.25, -0.2) is 0 Å². The van der Waals surface area contributed by atoms with Crippen LogP contribution in [0.25, 0.3) is 0 Å². The molecule has 0 unspecified atom stereocenters. The van der Waals surface area contributed by atoms with Gasteiger partial charge in [0.05, 0.1) is 6.61 Å². The van der Waals surface area contributed by atoms with Gasteiger partial charge in [-0.3, -0.25) is 9.59 Å². The summed E-state index contributed by atoms with van der Waals surface area (Å²) in [7, 11) is 0. The molecule has 1 aromatic rings. The zero-order valence-electron chi connectivity index (χ0n) is 18.4. The molecular formula is C25H36N2O3. The van der Waals surface area contributed by atoms with Crippen molar-refractivity contribution in [1.82, 2.24) is 9.80 Å². The molecule has 1 saturated carbocycles. The highest BCUT2D eigenvalue weighted by molar-refractivity contribution is 5.94. The molecule has 0 spiro atoms. The van der Waals surface area contributed by atoms with Crippen LogP contribution in [0.4, 0.5) is 0 Å². The van der Waals surface area contributed by atoms with Crippen molar-refractivity contribution in [3.63, 3.8) is 0 Å². The lowest BCUT2D eigenvalue weighted by molar-refractivity contribution is -0.137. The number of likely N-dealkylation sites (tertiary alicyclic amines) is 2. The lowest BCUT2D eigenvalue weighted by Crippen LogP contribution is -2.43. The molecule has 0 bridgehead atoms. The highest BCUT2D eigenvalue weighted by Crippen LogP contribution is 2.29. The summed E-state index contributed by atoms with van der Waals surface area (Å²) in [6.07, 6.45) is 8.89. The van der Waals surface area contributed by atoms with Crippen molar-refractivity contribution in [3.05, 3.63) is 29.8 Å². The van der Waals surface area contributed by atoms with Crippen molar-refractivity contribution in [1.29, 1.82) is 0 Å². The Balaban J connectivity index is 1.25. The summed E-state index contributed by atoms with van der Waals surface area (Å²) in [6, 6.07) is 7.58. The Morgan fingerprint density at radius 2 is 1.60 bits per heavy atom. The third-order valence-electron chi connectivity index (χ3n) is 7.19. The van der Waals surface area contributed by atoms with Crippen LogP contribution in [0.3, 0.4) is 0 Å². The van der Waals surface area contributed by atoms with Gasteiger partial charge in [0.1, 0.15) is 5.75 Å². The minimum absolute atomic E-state index is 0.127. The highest BCUT2D eigenvalue weighted by Gasteiger charge is 2.30. The van der Waals surface area contributed by atoms with E-state index in [1.165, 1.54) is 12.8 Å². The molecular weight excluding hydrogens is 376 g/mol. The maximum atomic E-state index is 12.7. The van der Waals surface area contributed by atoms with Gasteiger partial charge in [0.2, 0.25) is 5.91 Å². The molecule has 3 aliphatic rings. The second-order valence-corrected chi connectivity index (χ2v) is 9.58. The van der Waals surface area contributed by atoms with E-state index in [9.17, 15) is 9.59 Å². The second kappa shape index (κ2) is 9.84. The number of benzene rings is 1. The summed E-state index contributed by atoms with van der Waals surface area (Å²) in [5, 5.41) is 0. The maximum Gasteiger partial charge on any atom is 0.253 e. The molecule has 2 heterocycles. The molecule has 5 nitrogen and oxygen atoms in total. The van der Waals surface area contributed by atoms with Crippen LogP contribution in [0.2, 0.25) is 0 Å². The lowest BCUT2D eigenvalue weighted by Gasteiger charge is -2.34. The Morgan fingerprint density at radius 3 is 2.30 bits per heavy atom. The summed E-state index contributed by atoms with van der Waals surface area (Å²) in [6.45, 7) is 6.32. The minimum Gasteiger partial charge on any atom is -0.493 e. The number of amides is 2. The van der Waals surface area contributed by atoms with Crippen LogP contribution in [0, 0.1) is 17.8 Å². The molecule has 2 aliphatic heterocycles. The van der Waals surface area contributed by atoms with Crippen molar-refractivity contribution >= 4 is 11.8 Å². The third kappa shape index (κ3) is 5.16. The van der Waals surface area contributed by atoms with E-state index in [1.54, 1.807) is 0 Å². The first kappa shape index (κ1) is 21.2. The van der Waals surface area contributed by atoms with Gasteiger partial charge in [0.15, 0.2) is 0 Å². The average Bonchev–Trinajstić information content (AvgIpc) is 3.33. The summed E-state index contributed by atoms with van der Waals surface area (Å²) in [4.78, 5) is 29.4. The minimum atomic E-state index is 0.127. The SMILES string of the molecule is CC1CCN(C(=O)c2ccc(OC[C@@H]3CCCN(C(=O)C4CCCC4)C3)cc2)CC1. The van der Waals surface area contributed by atoms with Crippen molar-refractivity contribution in [2.45, 2.75) is 58.3 Å². The van der Waals surface area contributed by atoms with E-state index in [0.29, 0.717) is 24.3 Å². The van der Waals surface area contributed by atoms with E-state index >= 15 is 0 Å². The molecule has 1 aliphatic carbocycles. The first-order valence-corrected chi connectivity index (χ1v) is 11.9. The van der Waals surface area contributed by atoms with E-state index < -0.39 is 0 Å². The molecule has 0 aromatic heterocycles. The van der Waals surface area contributed by atoms with Gasteiger partial charge in [-0.1, -0.05) is 19.8 Å². The number of nitrogens with zero attached hydrogens (tertiary/aromatic N) is 2. The number of hydrogen-bond acceptors (Lipinski definition) is 3. The average molecular weight is 413 g/mol. The Morgan fingerprint density at radius 1 is 0.900 bits per heavy atom. The first-order valence-electron chi connectivity index (χ1n) is 11.9. The van der Waals surface area contributed by atoms with Gasteiger partial charge >= 0.3 is 0 Å². The van der Waals surface area contributed by atoms with E-state index in [4.69, 9.17) is 4.74 Å². The molecule has 2 saturated heterocycles. The number of ether oxygens (including phenoxy) is 1. The molecule has 164 valence electrons. The Bertz CT molecular complexity index is 718. The van der Waals surface area contributed by atoms with Gasteiger partial charge in [0.25, 0.3) is 5.91 Å². The summed E-state index contributed by atoms with van der Waals surface area (Å²) >= 11 is 0. The Labute approximate surface area is 180 Å². The van der Waals surface area contributed by atoms with Crippen LogP contribution < -0.4 is 4.74 Å². The van der Waals surface area contributed by atoms with E-state index in [2.05, 4.69) is 11.8 Å². The van der Waals surface area contributed by atoms with Gasteiger partial charge in [-0.15, -0.1) is 0 Å². The fraction of sp³-hybridized carbons (Fsp3) is 0.680. The second-order valence-electron chi connectivity index (χ2n) is 9.58. The first-order chi connectivity index (χ1) is 14.6. The number of carbonyl (C=O) groups excluding carboxylic acids is 2. The van der Waals surface area contributed by atoms with Gasteiger partial charge < -0.3 is 14.5 Å². The van der Waals surface area contributed by atoms with Crippen LogP contribution in [-0.2, 0) is 4.79 Å². The molecule has 0 N–H and O–H groups in total. The quantitative estimate of drug-likeness (QED) is 0.722. The predicted molar refractivity (Wildman–Crippen MR) is 118 cm³/mol. The zero-order chi connectivity index (χ0) is 20.9. The summed E-state index contributed by atoms with van der Waals surface area (Å²) in [5.74, 6) is 2.67. The van der Waals surface area contributed by atoms with E-state index in [-0.39, 0.29) is 11.8 Å². The number of piperidine rings is 2. The summed E-state index contributed by atoms with van der Waals surface area (Å²) < 4.78 is 6.03. The Kier molecular flexibility index (Phi) is 6.96. The van der Waals surface area contributed by atoms with Crippen molar-refractivity contribution in [2.24, 2.45) is 17.8 Å². The normalized spacial score (nSPS) is 23.6. The smallest absolute Gasteiger partial charge is 0.253 e. The van der Waals surface area contributed by atoms with Crippen LogP contribution in [0.1, 0.15) is 68.6 Å². The third-order valence-corrected chi connectivity index (χ3v) is 7.19. The molecule has 1 aromatic carbocycles. The monoisotopic (exact) mass is 412 g/mol. The number of hydrogen-bond donors (Lipinski definition) is 0. The molecule has 30 heavy (non-hydrogen) atoms.